The molecule has 2 heterocycles. The summed E-state index contributed by atoms with van der Waals surface area (Å²) in [6, 6.07) is 0. The van der Waals surface area contributed by atoms with Gasteiger partial charge in [0.1, 0.15) is 10.7 Å². The second-order valence-corrected chi connectivity index (χ2v) is 9.03. The number of nitrogens with zero attached hydrogens (tertiary/aromatic N) is 2. The number of rotatable bonds is 5. The third-order valence-corrected chi connectivity index (χ3v) is 4.50. The number of ether oxygens (including phenoxy) is 1. The van der Waals surface area contributed by atoms with E-state index in [1.54, 1.807) is 11.3 Å². The Bertz CT molecular complexity index is 528. The minimum atomic E-state index is -0.247. The fourth-order valence-electron chi connectivity index (χ4n) is 3.18. The van der Waals surface area contributed by atoms with Crippen LogP contribution < -0.4 is 5.32 Å². The van der Waals surface area contributed by atoms with Crippen LogP contribution in [0.2, 0.25) is 0 Å². The summed E-state index contributed by atoms with van der Waals surface area (Å²) in [5.41, 5.74) is 0.448. The van der Waals surface area contributed by atoms with E-state index in [0.29, 0.717) is 5.69 Å². The molecule has 0 atom stereocenters. The number of nitrogens with one attached hydrogen (secondary N) is 1. The topological polar surface area (TPSA) is 54.5 Å². The molecule has 0 aromatic carbocycles. The van der Waals surface area contributed by atoms with E-state index in [4.69, 9.17) is 4.74 Å². The van der Waals surface area contributed by atoms with Crippen molar-refractivity contribution in [1.29, 1.82) is 0 Å². The van der Waals surface area contributed by atoms with Crippen molar-refractivity contribution in [2.45, 2.75) is 53.1 Å². The third kappa shape index (κ3) is 6.20. The molecular formula is C17H29N3O2S. The van der Waals surface area contributed by atoms with Crippen molar-refractivity contribution in [3.05, 3.63) is 16.1 Å². The molecule has 6 heteroatoms. The van der Waals surface area contributed by atoms with Crippen molar-refractivity contribution in [2.24, 2.45) is 5.41 Å². The van der Waals surface area contributed by atoms with Crippen molar-refractivity contribution < 1.29 is 9.53 Å². The molecule has 0 bridgehead atoms. The quantitative estimate of drug-likeness (QED) is 0.896. The Balaban J connectivity index is 1.92. The molecule has 1 saturated heterocycles. The maximum absolute atomic E-state index is 12.5. The molecule has 1 amide bonds. The largest absolute Gasteiger partial charge is 0.379 e. The first-order chi connectivity index (χ1) is 10.6. The van der Waals surface area contributed by atoms with E-state index in [0.717, 1.165) is 44.3 Å². The van der Waals surface area contributed by atoms with Crippen molar-refractivity contribution in [1.82, 2.24) is 15.2 Å². The van der Waals surface area contributed by atoms with Gasteiger partial charge in [-0.3, -0.25) is 9.69 Å². The van der Waals surface area contributed by atoms with Gasteiger partial charge in [-0.2, -0.15) is 0 Å². The lowest BCUT2D eigenvalue weighted by Crippen LogP contribution is -2.45. The summed E-state index contributed by atoms with van der Waals surface area (Å²) in [6.07, 6.45) is 0.913. The van der Waals surface area contributed by atoms with E-state index < -0.39 is 0 Å². The number of carbonyl (C=O) groups excluding carboxylic acids is 1. The van der Waals surface area contributed by atoms with Gasteiger partial charge < -0.3 is 10.1 Å². The normalized spacial score (nSPS) is 17.3. The first-order valence-electron chi connectivity index (χ1n) is 8.22. The first-order valence-corrected chi connectivity index (χ1v) is 9.10. The first kappa shape index (κ1) is 18.4. The second kappa shape index (κ2) is 7.28. The number of hydrogen-bond donors (Lipinski definition) is 1. The van der Waals surface area contributed by atoms with Gasteiger partial charge in [-0.1, -0.05) is 20.8 Å². The van der Waals surface area contributed by atoms with Crippen LogP contribution in [0.5, 0.6) is 0 Å². The molecule has 1 N–H and O–H groups in total. The fraction of sp³-hybridized carbons (Fsp3) is 0.765. The van der Waals surface area contributed by atoms with Gasteiger partial charge >= 0.3 is 0 Å². The van der Waals surface area contributed by atoms with Crippen LogP contribution in [0.25, 0.3) is 0 Å². The van der Waals surface area contributed by atoms with Gasteiger partial charge in [-0.25, -0.2) is 4.98 Å². The lowest BCUT2D eigenvalue weighted by atomic mass is 9.82. The van der Waals surface area contributed by atoms with Crippen LogP contribution in [0.15, 0.2) is 5.38 Å². The molecule has 23 heavy (non-hydrogen) atoms. The minimum Gasteiger partial charge on any atom is -0.379 e. The number of carbonyl (C=O) groups is 1. The summed E-state index contributed by atoms with van der Waals surface area (Å²) in [6.45, 7) is 14.9. The Morgan fingerprint density at radius 2 is 1.96 bits per heavy atom. The highest BCUT2D eigenvalue weighted by atomic mass is 32.1. The lowest BCUT2D eigenvalue weighted by Gasteiger charge is -2.33. The summed E-state index contributed by atoms with van der Waals surface area (Å²) < 4.78 is 5.35. The molecule has 2 rings (SSSR count). The molecule has 1 aromatic heterocycles. The molecular weight excluding hydrogens is 310 g/mol. The summed E-state index contributed by atoms with van der Waals surface area (Å²) in [5.74, 6) is -0.0799. The number of hydrogen-bond acceptors (Lipinski definition) is 5. The van der Waals surface area contributed by atoms with E-state index in [1.807, 2.05) is 5.38 Å². The summed E-state index contributed by atoms with van der Waals surface area (Å²) in [4.78, 5) is 19.3. The van der Waals surface area contributed by atoms with Gasteiger partial charge in [0.2, 0.25) is 0 Å². The van der Waals surface area contributed by atoms with E-state index in [1.165, 1.54) is 0 Å². The zero-order valence-electron chi connectivity index (χ0n) is 14.9. The maximum atomic E-state index is 12.5. The van der Waals surface area contributed by atoms with Crippen LogP contribution >= 0.6 is 11.3 Å². The van der Waals surface area contributed by atoms with Gasteiger partial charge in [0.15, 0.2) is 0 Å². The monoisotopic (exact) mass is 339 g/mol. The standard InChI is InChI=1S/C17H29N3O2S/c1-16(2,3)12-17(4,5)19-15(21)13-11-23-14(18-13)10-20-6-8-22-9-7-20/h11H,6-10,12H2,1-5H3,(H,19,21). The molecule has 1 aromatic rings. The van der Waals surface area contributed by atoms with E-state index in [2.05, 4.69) is 49.8 Å². The smallest absolute Gasteiger partial charge is 0.271 e. The van der Waals surface area contributed by atoms with E-state index in [-0.39, 0.29) is 16.9 Å². The average Bonchev–Trinajstić information content (AvgIpc) is 2.85. The zero-order valence-corrected chi connectivity index (χ0v) is 15.8. The molecule has 0 radical (unpaired) electrons. The number of thiazole rings is 1. The Hall–Kier alpha value is -0.980. The Morgan fingerprint density at radius 1 is 1.30 bits per heavy atom. The summed E-state index contributed by atoms with van der Waals surface area (Å²) >= 11 is 1.56. The van der Waals surface area contributed by atoms with Crippen LogP contribution in [0, 0.1) is 5.41 Å². The second-order valence-electron chi connectivity index (χ2n) is 8.09. The third-order valence-electron chi connectivity index (χ3n) is 3.67. The molecule has 0 unspecified atom stereocenters. The van der Waals surface area contributed by atoms with Gasteiger partial charge in [0, 0.05) is 24.0 Å². The number of amides is 1. The van der Waals surface area contributed by atoms with Crippen LogP contribution in [0.1, 0.15) is 56.5 Å². The highest BCUT2D eigenvalue weighted by Crippen LogP contribution is 2.27. The average molecular weight is 340 g/mol. The molecule has 130 valence electrons. The molecule has 0 spiro atoms. The van der Waals surface area contributed by atoms with E-state index >= 15 is 0 Å². The Labute approximate surface area is 143 Å². The van der Waals surface area contributed by atoms with Crippen molar-refractivity contribution in [3.8, 4) is 0 Å². The molecule has 1 fully saturated rings. The highest BCUT2D eigenvalue weighted by molar-refractivity contribution is 7.09. The zero-order chi connectivity index (χ0) is 17.1. The van der Waals surface area contributed by atoms with Gasteiger partial charge in [-0.15, -0.1) is 11.3 Å². The van der Waals surface area contributed by atoms with Crippen molar-refractivity contribution in [2.75, 3.05) is 26.3 Å². The predicted molar refractivity (Wildman–Crippen MR) is 93.8 cm³/mol. The molecule has 0 saturated carbocycles. The van der Waals surface area contributed by atoms with Crippen LogP contribution in [-0.2, 0) is 11.3 Å². The van der Waals surface area contributed by atoms with Gasteiger partial charge in [0.25, 0.3) is 5.91 Å². The Morgan fingerprint density at radius 3 is 2.57 bits per heavy atom. The number of morpholine rings is 1. The lowest BCUT2D eigenvalue weighted by molar-refractivity contribution is 0.0341. The van der Waals surface area contributed by atoms with Crippen LogP contribution in [0.4, 0.5) is 0 Å². The Kier molecular flexibility index (Phi) is 5.81. The maximum Gasteiger partial charge on any atom is 0.271 e. The van der Waals surface area contributed by atoms with Crippen LogP contribution in [0.3, 0.4) is 0 Å². The number of aromatic nitrogens is 1. The van der Waals surface area contributed by atoms with Gasteiger partial charge in [-0.05, 0) is 25.7 Å². The summed E-state index contributed by atoms with van der Waals surface area (Å²) in [7, 11) is 0. The van der Waals surface area contributed by atoms with E-state index in [9.17, 15) is 4.79 Å². The van der Waals surface area contributed by atoms with Crippen molar-refractivity contribution in [3.63, 3.8) is 0 Å². The fourth-order valence-corrected chi connectivity index (χ4v) is 4.00. The molecule has 1 aliphatic rings. The summed E-state index contributed by atoms with van der Waals surface area (Å²) in [5, 5.41) is 5.97. The molecule has 0 aliphatic carbocycles. The van der Waals surface area contributed by atoms with Gasteiger partial charge in [0.05, 0.1) is 19.8 Å². The SMILES string of the molecule is CC(C)(C)CC(C)(C)NC(=O)c1csc(CN2CCOCC2)n1. The predicted octanol–water partition coefficient (Wildman–Crippen LogP) is 2.92. The molecule has 5 nitrogen and oxygen atoms in total. The van der Waals surface area contributed by atoms with Crippen molar-refractivity contribution >= 4 is 17.2 Å². The minimum absolute atomic E-state index is 0.0799. The highest BCUT2D eigenvalue weighted by Gasteiger charge is 2.28. The van der Waals surface area contributed by atoms with Crippen LogP contribution in [-0.4, -0.2) is 47.6 Å². The molecule has 1 aliphatic heterocycles.